The molecular weight excluding hydrogens is 276 g/mol. The lowest BCUT2D eigenvalue weighted by molar-refractivity contribution is -0.167. The van der Waals surface area contributed by atoms with E-state index in [1.54, 1.807) is 0 Å². The molecule has 1 fully saturated rings. The van der Waals surface area contributed by atoms with Crippen LogP contribution in [0.3, 0.4) is 0 Å². The Morgan fingerprint density at radius 2 is 1.95 bits per heavy atom. The summed E-state index contributed by atoms with van der Waals surface area (Å²) in [5.74, 6) is 1.52. The third kappa shape index (κ3) is 4.84. The molecule has 0 unspecified atom stereocenters. The lowest BCUT2D eigenvalue weighted by Crippen LogP contribution is -2.34. The SMILES string of the molecule is CC(C)[C@H]1CC[C@@H](C)C[C@H]1C(=O)OCOCc1ccccc1. The highest BCUT2D eigenvalue weighted by molar-refractivity contribution is 5.72. The number of carbonyl (C=O) groups excluding carboxylic acids is 1. The van der Waals surface area contributed by atoms with Crippen molar-refractivity contribution in [3.05, 3.63) is 35.9 Å². The summed E-state index contributed by atoms with van der Waals surface area (Å²) in [6, 6.07) is 9.92. The molecule has 1 saturated carbocycles. The maximum absolute atomic E-state index is 12.4. The number of rotatable bonds is 6. The number of carbonyl (C=O) groups is 1. The van der Waals surface area contributed by atoms with Crippen LogP contribution in [0.15, 0.2) is 30.3 Å². The van der Waals surface area contributed by atoms with Crippen molar-refractivity contribution < 1.29 is 14.3 Å². The highest BCUT2D eigenvalue weighted by Gasteiger charge is 2.36. The smallest absolute Gasteiger partial charge is 0.311 e. The van der Waals surface area contributed by atoms with Gasteiger partial charge in [-0.2, -0.15) is 0 Å². The molecule has 3 nitrogen and oxygen atoms in total. The Bertz CT molecular complexity index is 455. The molecule has 1 aliphatic rings. The van der Waals surface area contributed by atoms with E-state index >= 15 is 0 Å². The van der Waals surface area contributed by atoms with Gasteiger partial charge in [-0.3, -0.25) is 4.79 Å². The summed E-state index contributed by atoms with van der Waals surface area (Å²) in [6.45, 7) is 7.15. The minimum Gasteiger partial charge on any atom is -0.438 e. The summed E-state index contributed by atoms with van der Waals surface area (Å²) in [5, 5.41) is 0. The zero-order valence-corrected chi connectivity index (χ0v) is 14.0. The fourth-order valence-electron chi connectivity index (χ4n) is 3.41. The van der Waals surface area contributed by atoms with Gasteiger partial charge in [-0.05, 0) is 36.2 Å². The second kappa shape index (κ2) is 8.33. The topological polar surface area (TPSA) is 35.5 Å². The third-order valence-electron chi connectivity index (χ3n) is 4.72. The molecule has 0 bridgehead atoms. The van der Waals surface area contributed by atoms with Crippen molar-refractivity contribution >= 4 is 5.97 Å². The number of esters is 1. The molecule has 3 atom stereocenters. The lowest BCUT2D eigenvalue weighted by atomic mass is 9.70. The van der Waals surface area contributed by atoms with Crippen molar-refractivity contribution in [1.29, 1.82) is 0 Å². The first-order chi connectivity index (χ1) is 10.6. The molecule has 0 N–H and O–H groups in total. The Morgan fingerprint density at radius 1 is 1.23 bits per heavy atom. The van der Waals surface area contributed by atoms with E-state index in [0.717, 1.165) is 18.4 Å². The summed E-state index contributed by atoms with van der Waals surface area (Å²) in [6.07, 6.45) is 3.29. The van der Waals surface area contributed by atoms with Crippen LogP contribution in [0.2, 0.25) is 0 Å². The Hall–Kier alpha value is -1.35. The summed E-state index contributed by atoms with van der Waals surface area (Å²) in [4.78, 5) is 12.4. The van der Waals surface area contributed by atoms with Gasteiger partial charge in [0, 0.05) is 0 Å². The molecule has 1 aromatic rings. The van der Waals surface area contributed by atoms with E-state index < -0.39 is 0 Å². The molecular formula is C19H28O3. The minimum atomic E-state index is -0.0849. The lowest BCUT2D eigenvalue weighted by Gasteiger charge is -2.35. The molecule has 3 heteroatoms. The van der Waals surface area contributed by atoms with Crippen LogP contribution in [0.1, 0.15) is 45.6 Å². The van der Waals surface area contributed by atoms with E-state index in [1.807, 2.05) is 30.3 Å². The highest BCUT2D eigenvalue weighted by Crippen LogP contribution is 2.38. The normalized spacial score (nSPS) is 25.2. The van der Waals surface area contributed by atoms with Gasteiger partial charge in [0.25, 0.3) is 0 Å². The minimum absolute atomic E-state index is 0.0316. The van der Waals surface area contributed by atoms with Crippen LogP contribution in [0.5, 0.6) is 0 Å². The monoisotopic (exact) mass is 304 g/mol. The molecule has 0 aliphatic heterocycles. The number of ether oxygens (including phenoxy) is 2. The summed E-state index contributed by atoms with van der Waals surface area (Å²) in [7, 11) is 0. The van der Waals surface area contributed by atoms with Gasteiger partial charge in [-0.25, -0.2) is 0 Å². The summed E-state index contributed by atoms with van der Waals surface area (Å²) in [5.41, 5.74) is 1.09. The van der Waals surface area contributed by atoms with Crippen LogP contribution in [0, 0.1) is 23.7 Å². The first-order valence-corrected chi connectivity index (χ1v) is 8.36. The van der Waals surface area contributed by atoms with Crippen molar-refractivity contribution in [3.63, 3.8) is 0 Å². The average Bonchev–Trinajstić information content (AvgIpc) is 2.52. The van der Waals surface area contributed by atoms with E-state index in [0.29, 0.717) is 24.4 Å². The molecule has 0 radical (unpaired) electrons. The van der Waals surface area contributed by atoms with Gasteiger partial charge in [-0.1, -0.05) is 57.5 Å². The van der Waals surface area contributed by atoms with Gasteiger partial charge in [0.2, 0.25) is 0 Å². The Labute approximate surface area is 134 Å². The quantitative estimate of drug-likeness (QED) is 0.443. The molecule has 2 rings (SSSR count). The van der Waals surface area contributed by atoms with Crippen molar-refractivity contribution in [2.45, 2.75) is 46.6 Å². The number of benzene rings is 1. The van der Waals surface area contributed by atoms with Crippen molar-refractivity contribution in [3.8, 4) is 0 Å². The summed E-state index contributed by atoms with van der Waals surface area (Å²) < 4.78 is 10.8. The Morgan fingerprint density at radius 3 is 2.64 bits per heavy atom. The zero-order valence-electron chi connectivity index (χ0n) is 14.0. The largest absolute Gasteiger partial charge is 0.438 e. The van der Waals surface area contributed by atoms with Crippen LogP contribution in [0.4, 0.5) is 0 Å². The first kappa shape index (κ1) is 17.0. The highest BCUT2D eigenvalue weighted by atomic mass is 16.7. The third-order valence-corrected chi connectivity index (χ3v) is 4.72. The van der Waals surface area contributed by atoms with Crippen LogP contribution in [0.25, 0.3) is 0 Å². The van der Waals surface area contributed by atoms with Crippen molar-refractivity contribution in [2.75, 3.05) is 6.79 Å². The molecule has 0 saturated heterocycles. The molecule has 122 valence electrons. The maximum atomic E-state index is 12.4. The maximum Gasteiger partial charge on any atom is 0.311 e. The molecule has 0 heterocycles. The fraction of sp³-hybridized carbons (Fsp3) is 0.632. The van der Waals surface area contributed by atoms with Crippen LogP contribution >= 0.6 is 0 Å². The first-order valence-electron chi connectivity index (χ1n) is 8.36. The van der Waals surface area contributed by atoms with Gasteiger partial charge in [0.1, 0.15) is 0 Å². The Kier molecular flexibility index (Phi) is 6.44. The van der Waals surface area contributed by atoms with Gasteiger partial charge in [0.15, 0.2) is 6.79 Å². The van der Waals surface area contributed by atoms with E-state index in [1.165, 1.54) is 6.42 Å². The van der Waals surface area contributed by atoms with E-state index in [-0.39, 0.29) is 18.7 Å². The van der Waals surface area contributed by atoms with Gasteiger partial charge in [-0.15, -0.1) is 0 Å². The molecule has 0 aromatic heterocycles. The summed E-state index contributed by atoms with van der Waals surface area (Å²) >= 11 is 0. The molecule has 0 spiro atoms. The second-order valence-corrected chi connectivity index (χ2v) is 6.85. The van der Waals surface area contributed by atoms with Crippen LogP contribution < -0.4 is 0 Å². The zero-order chi connectivity index (χ0) is 15.9. The van der Waals surface area contributed by atoms with Gasteiger partial charge in [0.05, 0.1) is 12.5 Å². The van der Waals surface area contributed by atoms with Crippen molar-refractivity contribution in [2.24, 2.45) is 23.7 Å². The molecule has 1 aliphatic carbocycles. The average molecular weight is 304 g/mol. The molecule has 22 heavy (non-hydrogen) atoms. The molecule has 1 aromatic carbocycles. The fourth-order valence-corrected chi connectivity index (χ4v) is 3.41. The van der Waals surface area contributed by atoms with Gasteiger partial charge >= 0.3 is 5.97 Å². The molecule has 0 amide bonds. The predicted octanol–water partition coefficient (Wildman–Crippen LogP) is 4.41. The standard InChI is InChI=1S/C19H28O3/c1-14(2)17-10-9-15(3)11-18(17)19(20)22-13-21-12-16-7-5-4-6-8-16/h4-8,14-15,17-18H,9-13H2,1-3H3/t15-,17-,18-/m1/s1. The second-order valence-electron chi connectivity index (χ2n) is 6.85. The predicted molar refractivity (Wildman–Crippen MR) is 87.0 cm³/mol. The van der Waals surface area contributed by atoms with E-state index in [2.05, 4.69) is 20.8 Å². The van der Waals surface area contributed by atoms with Crippen LogP contribution in [-0.2, 0) is 20.9 Å². The van der Waals surface area contributed by atoms with E-state index in [9.17, 15) is 4.79 Å². The Balaban J connectivity index is 1.77. The van der Waals surface area contributed by atoms with E-state index in [4.69, 9.17) is 9.47 Å². The van der Waals surface area contributed by atoms with Gasteiger partial charge < -0.3 is 9.47 Å². The number of hydrogen-bond acceptors (Lipinski definition) is 3. The number of hydrogen-bond donors (Lipinski definition) is 0. The van der Waals surface area contributed by atoms with Crippen LogP contribution in [-0.4, -0.2) is 12.8 Å². The van der Waals surface area contributed by atoms with Crippen molar-refractivity contribution in [1.82, 2.24) is 0 Å².